The van der Waals surface area contributed by atoms with Gasteiger partial charge in [0.2, 0.25) is 0 Å². The Morgan fingerprint density at radius 3 is 2.89 bits per heavy atom. The Bertz CT molecular complexity index is 408. The topological polar surface area (TPSA) is 41.6 Å². The normalized spacial score (nSPS) is 18.8. The molecule has 18 heavy (non-hydrogen) atoms. The summed E-state index contributed by atoms with van der Waals surface area (Å²) >= 11 is 0. The van der Waals surface area contributed by atoms with E-state index in [1.165, 1.54) is 19.2 Å². The maximum absolute atomic E-state index is 12.8. The first-order valence-electron chi connectivity index (χ1n) is 6.01. The second kappa shape index (κ2) is 5.71. The zero-order valence-electron chi connectivity index (χ0n) is 10.4. The molecule has 0 saturated carbocycles. The molecule has 0 aromatic heterocycles. The number of methoxy groups -OCH3 is 1. The fourth-order valence-corrected chi connectivity index (χ4v) is 2.19. The fourth-order valence-electron chi connectivity index (χ4n) is 2.19. The highest BCUT2D eigenvalue weighted by Crippen LogP contribution is 2.23. The Kier molecular flexibility index (Phi) is 4.02. The van der Waals surface area contributed by atoms with Crippen molar-refractivity contribution in [3.8, 4) is 0 Å². The van der Waals surface area contributed by atoms with E-state index < -0.39 is 6.09 Å². The van der Waals surface area contributed by atoms with Crippen LogP contribution in [0.25, 0.3) is 0 Å². The number of carbonyl (C=O) groups excluding carboxylic acids is 1. The van der Waals surface area contributed by atoms with Gasteiger partial charge < -0.3 is 15.0 Å². The molecule has 1 unspecified atom stereocenters. The second-order valence-corrected chi connectivity index (χ2v) is 4.45. The molecule has 0 bridgehead atoms. The highest BCUT2D eigenvalue weighted by atomic mass is 19.1. The lowest BCUT2D eigenvalue weighted by Gasteiger charge is -2.18. The van der Waals surface area contributed by atoms with Gasteiger partial charge in [-0.3, -0.25) is 0 Å². The largest absolute Gasteiger partial charge is 0.453 e. The number of benzene rings is 1. The Labute approximate surface area is 106 Å². The van der Waals surface area contributed by atoms with Crippen molar-refractivity contribution in [3.05, 3.63) is 30.1 Å². The molecular formula is C13H17FN2O2. The van der Waals surface area contributed by atoms with E-state index in [9.17, 15) is 9.18 Å². The average molecular weight is 252 g/mol. The molecule has 1 aromatic rings. The zero-order valence-corrected chi connectivity index (χ0v) is 10.4. The molecule has 1 fully saturated rings. The summed E-state index contributed by atoms with van der Waals surface area (Å²) in [6.45, 7) is 2.42. The zero-order chi connectivity index (χ0) is 13.0. The highest BCUT2D eigenvalue weighted by Gasteiger charge is 2.23. The van der Waals surface area contributed by atoms with Crippen LogP contribution < -0.4 is 10.2 Å². The second-order valence-electron chi connectivity index (χ2n) is 4.45. The number of alkyl carbamates (subject to hydrolysis) is 1. The maximum Gasteiger partial charge on any atom is 0.406 e. The Morgan fingerprint density at radius 2 is 2.22 bits per heavy atom. The number of nitrogens with zero attached hydrogens (tertiary/aromatic N) is 1. The molecule has 0 aliphatic carbocycles. The van der Waals surface area contributed by atoms with Gasteiger partial charge in [0.05, 0.1) is 7.11 Å². The SMILES string of the molecule is COC(=O)NCC1CCN(c2ccc(F)cc2)C1. The van der Waals surface area contributed by atoms with E-state index in [4.69, 9.17) is 0 Å². The van der Waals surface area contributed by atoms with Crippen LogP contribution in [0, 0.1) is 11.7 Å². The van der Waals surface area contributed by atoms with Crippen LogP contribution >= 0.6 is 0 Å². The molecule has 1 atom stereocenters. The number of rotatable bonds is 3. The predicted octanol–water partition coefficient (Wildman–Crippen LogP) is 2.01. The third-order valence-electron chi connectivity index (χ3n) is 3.20. The molecule has 1 aliphatic heterocycles. The summed E-state index contributed by atoms with van der Waals surface area (Å²) in [4.78, 5) is 13.2. The van der Waals surface area contributed by atoms with E-state index in [1.807, 2.05) is 0 Å². The summed E-state index contributed by atoms with van der Waals surface area (Å²) in [7, 11) is 1.36. The van der Waals surface area contributed by atoms with E-state index in [1.54, 1.807) is 12.1 Å². The minimum atomic E-state index is -0.393. The third-order valence-corrected chi connectivity index (χ3v) is 3.20. The molecule has 1 N–H and O–H groups in total. The van der Waals surface area contributed by atoms with Crippen LogP contribution in [0.4, 0.5) is 14.9 Å². The lowest BCUT2D eigenvalue weighted by Crippen LogP contribution is -2.30. The summed E-state index contributed by atoms with van der Waals surface area (Å²) in [6.07, 6.45) is 0.622. The molecule has 1 aliphatic rings. The van der Waals surface area contributed by atoms with E-state index in [-0.39, 0.29) is 5.82 Å². The summed E-state index contributed by atoms with van der Waals surface area (Å²) < 4.78 is 17.3. The number of amides is 1. The Hall–Kier alpha value is -1.78. The van der Waals surface area contributed by atoms with Crippen molar-refractivity contribution < 1.29 is 13.9 Å². The molecule has 5 heteroatoms. The van der Waals surface area contributed by atoms with Crippen molar-refractivity contribution in [1.29, 1.82) is 0 Å². The van der Waals surface area contributed by atoms with Crippen molar-refractivity contribution in [2.24, 2.45) is 5.92 Å². The number of carbonyl (C=O) groups is 1. The lowest BCUT2D eigenvalue weighted by molar-refractivity contribution is 0.169. The monoisotopic (exact) mass is 252 g/mol. The van der Waals surface area contributed by atoms with Gasteiger partial charge >= 0.3 is 6.09 Å². The van der Waals surface area contributed by atoms with Gasteiger partial charge in [-0.2, -0.15) is 0 Å². The van der Waals surface area contributed by atoms with Crippen LogP contribution in [0.2, 0.25) is 0 Å². The van der Waals surface area contributed by atoms with E-state index in [2.05, 4.69) is 15.0 Å². The first-order valence-corrected chi connectivity index (χ1v) is 6.01. The van der Waals surface area contributed by atoms with Gasteiger partial charge in [-0.25, -0.2) is 9.18 Å². The number of hydrogen-bond donors (Lipinski definition) is 1. The van der Waals surface area contributed by atoms with Crippen molar-refractivity contribution in [3.63, 3.8) is 0 Å². The van der Waals surface area contributed by atoms with E-state index in [0.29, 0.717) is 12.5 Å². The summed E-state index contributed by atoms with van der Waals surface area (Å²) in [5.74, 6) is 0.191. The Morgan fingerprint density at radius 1 is 1.50 bits per heavy atom. The van der Waals surface area contributed by atoms with Crippen molar-refractivity contribution in [1.82, 2.24) is 5.32 Å². The van der Waals surface area contributed by atoms with Crippen LogP contribution in [-0.2, 0) is 4.74 Å². The molecule has 1 heterocycles. The van der Waals surface area contributed by atoms with Crippen LogP contribution in [0.5, 0.6) is 0 Å². The first kappa shape index (κ1) is 12.7. The average Bonchev–Trinajstić information content (AvgIpc) is 2.85. The highest BCUT2D eigenvalue weighted by molar-refractivity contribution is 5.66. The summed E-state index contributed by atoms with van der Waals surface area (Å²) in [6, 6.07) is 6.50. The molecule has 0 spiro atoms. The number of anilines is 1. The molecule has 1 saturated heterocycles. The standard InChI is InChI=1S/C13H17FN2O2/c1-18-13(17)15-8-10-6-7-16(9-10)12-4-2-11(14)3-5-12/h2-5,10H,6-9H2,1H3,(H,15,17). The lowest BCUT2D eigenvalue weighted by atomic mass is 10.1. The smallest absolute Gasteiger partial charge is 0.406 e. The molecule has 0 radical (unpaired) electrons. The third kappa shape index (κ3) is 3.12. The summed E-state index contributed by atoms with van der Waals surface area (Å²) in [5, 5.41) is 2.71. The molecule has 1 aromatic carbocycles. The van der Waals surface area contributed by atoms with Gasteiger partial charge in [0.1, 0.15) is 5.82 Å². The molecule has 2 rings (SSSR count). The number of ether oxygens (including phenoxy) is 1. The minimum absolute atomic E-state index is 0.221. The molecular weight excluding hydrogens is 235 g/mol. The van der Waals surface area contributed by atoms with Crippen LogP contribution in [-0.4, -0.2) is 32.8 Å². The van der Waals surface area contributed by atoms with Gasteiger partial charge in [0.15, 0.2) is 0 Å². The van der Waals surface area contributed by atoms with Crippen molar-refractivity contribution in [2.45, 2.75) is 6.42 Å². The van der Waals surface area contributed by atoms with E-state index in [0.717, 1.165) is 25.2 Å². The quantitative estimate of drug-likeness (QED) is 0.894. The molecule has 4 nitrogen and oxygen atoms in total. The van der Waals surface area contributed by atoms with Crippen LogP contribution in [0.1, 0.15) is 6.42 Å². The van der Waals surface area contributed by atoms with E-state index >= 15 is 0 Å². The number of nitrogens with one attached hydrogen (secondary N) is 1. The van der Waals surface area contributed by atoms with Gasteiger partial charge in [0.25, 0.3) is 0 Å². The molecule has 1 amide bonds. The van der Waals surface area contributed by atoms with Crippen molar-refractivity contribution >= 4 is 11.8 Å². The Balaban J connectivity index is 1.84. The van der Waals surface area contributed by atoms with Gasteiger partial charge in [-0.1, -0.05) is 0 Å². The van der Waals surface area contributed by atoms with Gasteiger partial charge in [0, 0.05) is 25.3 Å². The first-order chi connectivity index (χ1) is 8.69. The predicted molar refractivity (Wildman–Crippen MR) is 67.1 cm³/mol. The minimum Gasteiger partial charge on any atom is -0.453 e. The van der Waals surface area contributed by atoms with Crippen LogP contribution in [0.15, 0.2) is 24.3 Å². The molecule has 98 valence electrons. The van der Waals surface area contributed by atoms with Gasteiger partial charge in [-0.15, -0.1) is 0 Å². The number of hydrogen-bond acceptors (Lipinski definition) is 3. The van der Waals surface area contributed by atoms with Gasteiger partial charge in [-0.05, 0) is 36.6 Å². The summed E-state index contributed by atoms with van der Waals surface area (Å²) in [5.41, 5.74) is 1.02. The maximum atomic E-state index is 12.8. The van der Waals surface area contributed by atoms with Crippen LogP contribution in [0.3, 0.4) is 0 Å². The number of halogens is 1. The van der Waals surface area contributed by atoms with Crippen molar-refractivity contribution in [2.75, 3.05) is 31.6 Å². The fraction of sp³-hybridized carbons (Fsp3) is 0.462.